The number of hydrogen-bond donors (Lipinski definition) is 3. The summed E-state index contributed by atoms with van der Waals surface area (Å²) in [7, 11) is 0. The minimum atomic E-state index is -0.938. The molecule has 3 N–H and O–H groups in total. The Balaban J connectivity index is 1.12. The van der Waals surface area contributed by atoms with Crippen LogP contribution in [0.15, 0.2) is 65.7 Å². The molecule has 1 heterocycles. The van der Waals surface area contributed by atoms with Crippen LogP contribution in [0.5, 0.6) is 0 Å². The summed E-state index contributed by atoms with van der Waals surface area (Å²) < 4.78 is 18.0. The minimum Gasteiger partial charge on any atom is -0.436 e. The SMILES string of the molecule is CC1(C)COC2(CCC3=C4C(CC[C@@]3(O)C2)C2CCC(O)C2(C)C[C@@H]4c2ccc(C#CCOC(=O)Nc3ccccc3)cc2)OC1. The fraction of sp³-hybridized carbons (Fsp3) is 0.564. The van der Waals surface area contributed by atoms with Crippen molar-refractivity contribution >= 4 is 11.8 Å². The van der Waals surface area contributed by atoms with E-state index in [1.54, 1.807) is 12.1 Å². The van der Waals surface area contributed by atoms with Crippen molar-refractivity contribution in [3.63, 3.8) is 0 Å². The number of amides is 1. The highest BCUT2D eigenvalue weighted by atomic mass is 16.7. The van der Waals surface area contributed by atoms with E-state index < -0.39 is 17.5 Å². The largest absolute Gasteiger partial charge is 0.436 e. The van der Waals surface area contributed by atoms with Crippen LogP contribution in [0.1, 0.15) is 89.2 Å². The number of allylic oxidation sites excluding steroid dienone is 1. The van der Waals surface area contributed by atoms with Crippen molar-refractivity contribution < 1.29 is 29.2 Å². The zero-order valence-corrected chi connectivity index (χ0v) is 27.3. The number of aliphatic hydroxyl groups is 2. The molecule has 6 atom stereocenters. The number of carbonyl (C=O) groups is 1. The number of ether oxygens (including phenoxy) is 3. The second-order valence-corrected chi connectivity index (χ2v) is 15.4. The summed E-state index contributed by atoms with van der Waals surface area (Å²) in [5.41, 5.74) is 4.22. The molecule has 244 valence electrons. The quantitative estimate of drug-likeness (QED) is 0.253. The summed E-state index contributed by atoms with van der Waals surface area (Å²) in [5, 5.41) is 26.3. The molecular weight excluding hydrogens is 578 g/mol. The van der Waals surface area contributed by atoms with E-state index in [2.05, 4.69) is 50.1 Å². The Morgan fingerprint density at radius 1 is 1.00 bits per heavy atom. The molecule has 46 heavy (non-hydrogen) atoms. The lowest BCUT2D eigenvalue weighted by atomic mass is 9.51. The van der Waals surface area contributed by atoms with Crippen molar-refractivity contribution in [2.24, 2.45) is 22.7 Å². The van der Waals surface area contributed by atoms with Crippen LogP contribution >= 0.6 is 0 Å². The van der Waals surface area contributed by atoms with Crippen LogP contribution in [0, 0.1) is 34.5 Å². The van der Waals surface area contributed by atoms with Gasteiger partial charge in [0.15, 0.2) is 12.4 Å². The van der Waals surface area contributed by atoms with Gasteiger partial charge >= 0.3 is 6.09 Å². The molecule has 7 nitrogen and oxygen atoms in total. The third kappa shape index (κ3) is 5.79. The van der Waals surface area contributed by atoms with Crippen LogP contribution in [0.4, 0.5) is 10.5 Å². The third-order valence-corrected chi connectivity index (χ3v) is 11.7. The molecule has 0 aromatic heterocycles. The van der Waals surface area contributed by atoms with E-state index >= 15 is 0 Å². The smallest absolute Gasteiger partial charge is 0.412 e. The molecular formula is C39H47NO6. The van der Waals surface area contributed by atoms with Gasteiger partial charge in [0.1, 0.15) is 0 Å². The third-order valence-electron chi connectivity index (χ3n) is 11.7. The van der Waals surface area contributed by atoms with Gasteiger partial charge in [-0.15, -0.1) is 0 Å². The highest BCUT2D eigenvalue weighted by Gasteiger charge is 2.60. The standard InChI is InChI=1S/C39H47NO6/c1-36(2)24-45-39(46-25-36)20-18-32-34-29(17-19-38(32,43)23-39)31-15-16-33(41)37(31,3)22-30(34)27-13-11-26(12-14-27)8-7-21-44-35(42)40-28-9-5-4-6-10-28/h4-6,9-14,29-31,33,41,43H,15-25H2,1-3H3,(H,40,42)/t29?,30-,31?,33?,37?,38-/m1/s1. The summed E-state index contributed by atoms with van der Waals surface area (Å²) in [6, 6.07) is 17.5. The van der Waals surface area contributed by atoms with Crippen molar-refractivity contribution in [3.8, 4) is 11.8 Å². The molecule has 1 spiro atoms. The zero-order chi connectivity index (χ0) is 32.2. The van der Waals surface area contributed by atoms with E-state index in [-0.39, 0.29) is 29.5 Å². The minimum absolute atomic E-state index is 0.0103. The van der Waals surface area contributed by atoms with Crippen LogP contribution in [0.25, 0.3) is 0 Å². The molecule has 0 bridgehead atoms. The van der Waals surface area contributed by atoms with Gasteiger partial charge in [0.2, 0.25) is 0 Å². The predicted octanol–water partition coefficient (Wildman–Crippen LogP) is 6.94. The molecule has 0 radical (unpaired) electrons. The predicted molar refractivity (Wildman–Crippen MR) is 176 cm³/mol. The molecule has 3 saturated carbocycles. The second kappa shape index (κ2) is 11.8. The first-order valence-electron chi connectivity index (χ1n) is 17.0. The average molecular weight is 626 g/mol. The van der Waals surface area contributed by atoms with Crippen LogP contribution in [-0.2, 0) is 14.2 Å². The van der Waals surface area contributed by atoms with Gasteiger partial charge in [-0.1, -0.05) is 68.5 Å². The van der Waals surface area contributed by atoms with Crippen LogP contribution in [0.3, 0.4) is 0 Å². The highest BCUT2D eigenvalue weighted by molar-refractivity contribution is 5.84. The Morgan fingerprint density at radius 2 is 1.74 bits per heavy atom. The molecule has 4 fully saturated rings. The van der Waals surface area contributed by atoms with Gasteiger partial charge in [-0.05, 0) is 91.2 Å². The van der Waals surface area contributed by atoms with Crippen molar-refractivity contribution in [2.45, 2.75) is 95.5 Å². The fourth-order valence-corrected chi connectivity index (χ4v) is 9.24. The molecule has 2 aromatic rings. The van der Waals surface area contributed by atoms with Gasteiger partial charge in [0, 0.05) is 35.4 Å². The first-order valence-corrected chi connectivity index (χ1v) is 17.0. The molecule has 5 aliphatic rings. The summed E-state index contributed by atoms with van der Waals surface area (Å²) >= 11 is 0. The number of fused-ring (bicyclic) bond motifs is 4. The molecule has 7 heteroatoms. The number of hydrogen-bond acceptors (Lipinski definition) is 6. The summed E-state index contributed by atoms with van der Waals surface area (Å²) in [6.45, 7) is 7.88. The van der Waals surface area contributed by atoms with E-state index in [0.717, 1.165) is 44.1 Å². The molecule has 2 aromatic carbocycles. The lowest BCUT2D eigenvalue weighted by Crippen LogP contribution is -2.57. The topological polar surface area (TPSA) is 97.3 Å². The van der Waals surface area contributed by atoms with Crippen molar-refractivity contribution in [2.75, 3.05) is 25.1 Å². The molecule has 1 amide bonds. The van der Waals surface area contributed by atoms with Crippen molar-refractivity contribution in [3.05, 3.63) is 76.9 Å². The molecule has 4 unspecified atom stereocenters. The van der Waals surface area contributed by atoms with Crippen LogP contribution in [0.2, 0.25) is 0 Å². The maximum absolute atomic E-state index is 12.4. The summed E-state index contributed by atoms with van der Waals surface area (Å²) in [4.78, 5) is 12.1. The Morgan fingerprint density at radius 3 is 2.48 bits per heavy atom. The first kappa shape index (κ1) is 31.4. The molecule has 1 aliphatic heterocycles. The maximum Gasteiger partial charge on any atom is 0.412 e. The van der Waals surface area contributed by atoms with Gasteiger partial charge in [0.05, 0.1) is 24.9 Å². The maximum atomic E-state index is 12.4. The Bertz CT molecular complexity index is 1540. The Hall–Kier alpha value is -3.15. The lowest BCUT2D eigenvalue weighted by molar-refractivity contribution is -0.322. The number of anilines is 1. The number of carbonyl (C=O) groups excluding carboxylic acids is 1. The monoisotopic (exact) mass is 625 g/mol. The van der Waals surface area contributed by atoms with E-state index in [1.807, 2.05) is 30.3 Å². The van der Waals surface area contributed by atoms with E-state index in [0.29, 0.717) is 43.6 Å². The van der Waals surface area contributed by atoms with Gasteiger partial charge in [-0.25, -0.2) is 4.79 Å². The number of nitrogens with one attached hydrogen (secondary N) is 1. The zero-order valence-electron chi connectivity index (χ0n) is 27.3. The molecule has 4 aliphatic carbocycles. The summed E-state index contributed by atoms with van der Waals surface area (Å²) in [6.07, 6.45) is 5.55. The normalized spacial score (nSPS) is 34.0. The van der Waals surface area contributed by atoms with E-state index in [4.69, 9.17) is 14.2 Å². The lowest BCUT2D eigenvalue weighted by Gasteiger charge is -2.57. The van der Waals surface area contributed by atoms with Crippen molar-refractivity contribution in [1.29, 1.82) is 0 Å². The molecule has 7 rings (SSSR count). The number of para-hydroxylation sites is 1. The van der Waals surface area contributed by atoms with E-state index in [9.17, 15) is 15.0 Å². The first-order chi connectivity index (χ1) is 22.0. The number of benzene rings is 2. The van der Waals surface area contributed by atoms with Gasteiger partial charge in [-0.2, -0.15) is 0 Å². The van der Waals surface area contributed by atoms with E-state index in [1.165, 1.54) is 16.7 Å². The van der Waals surface area contributed by atoms with Gasteiger partial charge < -0.3 is 24.4 Å². The Labute approximate surface area is 272 Å². The number of aliphatic hydroxyl groups excluding tert-OH is 1. The molecule has 1 saturated heterocycles. The highest BCUT2D eigenvalue weighted by Crippen LogP contribution is 2.65. The van der Waals surface area contributed by atoms with Gasteiger partial charge in [0.25, 0.3) is 0 Å². The average Bonchev–Trinajstić information content (AvgIpc) is 3.34. The Kier molecular flexibility index (Phi) is 8.08. The van der Waals surface area contributed by atoms with Crippen LogP contribution < -0.4 is 5.32 Å². The number of rotatable bonds is 3. The second-order valence-electron chi connectivity index (χ2n) is 15.4. The summed E-state index contributed by atoms with van der Waals surface area (Å²) in [5.74, 6) is 6.25. The van der Waals surface area contributed by atoms with Crippen LogP contribution in [-0.4, -0.2) is 53.6 Å². The van der Waals surface area contributed by atoms with Gasteiger partial charge in [-0.3, -0.25) is 5.32 Å². The fourth-order valence-electron chi connectivity index (χ4n) is 9.24. The van der Waals surface area contributed by atoms with Crippen molar-refractivity contribution in [1.82, 2.24) is 0 Å².